The molecule has 0 spiro atoms. The van der Waals surface area contributed by atoms with Crippen molar-refractivity contribution in [3.63, 3.8) is 0 Å². The van der Waals surface area contributed by atoms with Crippen molar-refractivity contribution in [3.8, 4) is 11.5 Å². The van der Waals surface area contributed by atoms with Gasteiger partial charge in [-0.05, 0) is 60.0 Å². The molecule has 0 amide bonds. The number of fused-ring (bicyclic) bond motifs is 1. The average Bonchev–Trinajstić information content (AvgIpc) is 3.19. The molecular formula is C25H24BrClN2O2. The van der Waals surface area contributed by atoms with Crippen molar-refractivity contribution in [1.29, 1.82) is 0 Å². The lowest BCUT2D eigenvalue weighted by atomic mass is 10.1. The molecule has 0 fully saturated rings. The molecule has 31 heavy (non-hydrogen) atoms. The van der Waals surface area contributed by atoms with Crippen LogP contribution in [0.1, 0.15) is 16.7 Å². The van der Waals surface area contributed by atoms with E-state index in [0.29, 0.717) is 23.1 Å². The molecule has 0 atom stereocenters. The summed E-state index contributed by atoms with van der Waals surface area (Å²) in [6.07, 6.45) is 3.05. The van der Waals surface area contributed by atoms with E-state index in [4.69, 9.17) is 21.1 Å². The summed E-state index contributed by atoms with van der Waals surface area (Å²) in [6.45, 7) is 2.03. The van der Waals surface area contributed by atoms with Crippen molar-refractivity contribution in [2.45, 2.75) is 19.6 Å². The molecular weight excluding hydrogens is 476 g/mol. The van der Waals surface area contributed by atoms with E-state index in [0.717, 1.165) is 35.1 Å². The predicted molar refractivity (Wildman–Crippen MR) is 130 cm³/mol. The Morgan fingerprint density at radius 2 is 1.87 bits per heavy atom. The fourth-order valence-corrected chi connectivity index (χ4v) is 4.23. The number of halogens is 2. The summed E-state index contributed by atoms with van der Waals surface area (Å²) >= 11 is 9.73. The van der Waals surface area contributed by atoms with Crippen molar-refractivity contribution in [2.24, 2.45) is 0 Å². The largest absolute Gasteiger partial charge is 0.493 e. The predicted octanol–water partition coefficient (Wildman–Crippen LogP) is 6.50. The van der Waals surface area contributed by atoms with Gasteiger partial charge in [-0.2, -0.15) is 0 Å². The summed E-state index contributed by atoms with van der Waals surface area (Å²) in [4.78, 5) is 3.33. The number of hydrogen-bond donors (Lipinski definition) is 2. The fourth-order valence-electron chi connectivity index (χ4n) is 3.56. The van der Waals surface area contributed by atoms with E-state index < -0.39 is 0 Å². The van der Waals surface area contributed by atoms with E-state index in [1.54, 1.807) is 7.11 Å². The van der Waals surface area contributed by atoms with E-state index in [2.05, 4.69) is 50.6 Å². The highest BCUT2D eigenvalue weighted by molar-refractivity contribution is 9.10. The number of methoxy groups -OCH3 is 1. The second-order valence-electron chi connectivity index (χ2n) is 7.30. The molecule has 4 aromatic rings. The first-order valence-electron chi connectivity index (χ1n) is 10.1. The van der Waals surface area contributed by atoms with Crippen molar-refractivity contribution in [1.82, 2.24) is 10.3 Å². The van der Waals surface area contributed by atoms with E-state index in [9.17, 15) is 0 Å². The van der Waals surface area contributed by atoms with Crippen LogP contribution in [0.3, 0.4) is 0 Å². The van der Waals surface area contributed by atoms with Gasteiger partial charge in [-0.3, -0.25) is 0 Å². The monoisotopic (exact) mass is 498 g/mol. The zero-order valence-corrected chi connectivity index (χ0v) is 19.6. The topological polar surface area (TPSA) is 46.3 Å². The van der Waals surface area contributed by atoms with Gasteiger partial charge in [-0.25, -0.2) is 0 Å². The first-order chi connectivity index (χ1) is 15.1. The number of aromatic amines is 1. The van der Waals surface area contributed by atoms with Gasteiger partial charge >= 0.3 is 0 Å². The van der Waals surface area contributed by atoms with Crippen LogP contribution in [0.2, 0.25) is 5.02 Å². The fraction of sp³-hybridized carbons (Fsp3) is 0.200. The molecule has 160 valence electrons. The van der Waals surface area contributed by atoms with Gasteiger partial charge in [0.2, 0.25) is 0 Å². The number of hydrogen-bond acceptors (Lipinski definition) is 3. The molecule has 2 N–H and O–H groups in total. The molecule has 0 aliphatic rings. The molecule has 0 saturated heterocycles. The Hall–Kier alpha value is -2.47. The molecule has 3 aromatic carbocycles. The molecule has 4 nitrogen and oxygen atoms in total. The molecule has 0 aliphatic carbocycles. The van der Waals surface area contributed by atoms with Crippen molar-refractivity contribution in [3.05, 3.63) is 93.0 Å². The third-order valence-corrected chi connectivity index (χ3v) is 6.15. The number of benzene rings is 3. The highest BCUT2D eigenvalue weighted by atomic mass is 79.9. The van der Waals surface area contributed by atoms with Gasteiger partial charge in [0, 0.05) is 33.1 Å². The van der Waals surface area contributed by atoms with E-state index in [-0.39, 0.29) is 0 Å². The number of H-pyrrole nitrogens is 1. The van der Waals surface area contributed by atoms with Crippen LogP contribution in [0.15, 0.2) is 71.3 Å². The lowest BCUT2D eigenvalue weighted by Crippen LogP contribution is -2.17. The molecule has 0 radical (unpaired) electrons. The molecule has 0 unspecified atom stereocenters. The van der Waals surface area contributed by atoms with E-state index >= 15 is 0 Å². The Balaban J connectivity index is 1.36. The molecule has 1 heterocycles. The van der Waals surface area contributed by atoms with Crippen LogP contribution in [0.25, 0.3) is 10.9 Å². The summed E-state index contributed by atoms with van der Waals surface area (Å²) < 4.78 is 12.5. The zero-order chi connectivity index (χ0) is 21.6. The summed E-state index contributed by atoms with van der Waals surface area (Å²) in [5.74, 6) is 1.40. The first-order valence-corrected chi connectivity index (χ1v) is 11.3. The standard InChI is InChI=1S/C25H24BrClN2O2/c1-30-24-12-19(14-28-10-9-18-15-29-23-8-3-2-7-21(18)23)22(26)13-25(24)31-16-17-5-4-6-20(27)11-17/h2-8,11-13,15,28-29H,9-10,14,16H2,1H3. The number of aromatic nitrogens is 1. The third kappa shape index (κ3) is 5.42. The molecule has 0 aliphatic heterocycles. The second kappa shape index (κ2) is 10.2. The van der Waals surface area contributed by atoms with Crippen LogP contribution in [-0.2, 0) is 19.6 Å². The smallest absolute Gasteiger partial charge is 0.162 e. The number of ether oxygens (including phenoxy) is 2. The second-order valence-corrected chi connectivity index (χ2v) is 8.59. The van der Waals surface area contributed by atoms with E-state index in [1.165, 1.54) is 16.5 Å². The van der Waals surface area contributed by atoms with Gasteiger partial charge in [0.05, 0.1) is 7.11 Å². The van der Waals surface area contributed by atoms with Crippen molar-refractivity contribution < 1.29 is 9.47 Å². The summed E-state index contributed by atoms with van der Waals surface area (Å²) in [5, 5.41) is 5.51. The lowest BCUT2D eigenvalue weighted by molar-refractivity contribution is 0.284. The Labute approximate surface area is 195 Å². The van der Waals surface area contributed by atoms with Gasteiger partial charge in [-0.1, -0.05) is 57.9 Å². The molecule has 0 bridgehead atoms. The van der Waals surface area contributed by atoms with Crippen LogP contribution >= 0.6 is 27.5 Å². The van der Waals surface area contributed by atoms with Gasteiger partial charge in [0.1, 0.15) is 6.61 Å². The van der Waals surface area contributed by atoms with Crippen LogP contribution in [0, 0.1) is 0 Å². The summed E-state index contributed by atoms with van der Waals surface area (Å²) in [5.41, 5.74) is 4.63. The van der Waals surface area contributed by atoms with Crippen LogP contribution in [0.4, 0.5) is 0 Å². The number of para-hydroxylation sites is 1. The van der Waals surface area contributed by atoms with Crippen molar-refractivity contribution >= 4 is 38.4 Å². The maximum Gasteiger partial charge on any atom is 0.162 e. The highest BCUT2D eigenvalue weighted by Gasteiger charge is 2.11. The quantitative estimate of drug-likeness (QED) is 0.258. The number of rotatable bonds is 9. The van der Waals surface area contributed by atoms with Gasteiger partial charge in [0.25, 0.3) is 0 Å². The van der Waals surface area contributed by atoms with E-state index in [1.807, 2.05) is 42.5 Å². The van der Waals surface area contributed by atoms with Gasteiger partial charge in [-0.15, -0.1) is 0 Å². The maximum atomic E-state index is 6.06. The lowest BCUT2D eigenvalue weighted by Gasteiger charge is -2.15. The Morgan fingerprint density at radius 3 is 2.71 bits per heavy atom. The van der Waals surface area contributed by atoms with Crippen LogP contribution < -0.4 is 14.8 Å². The normalized spacial score (nSPS) is 11.1. The molecule has 1 aromatic heterocycles. The first kappa shape index (κ1) is 21.8. The summed E-state index contributed by atoms with van der Waals surface area (Å²) in [7, 11) is 1.66. The maximum absolute atomic E-state index is 6.06. The highest BCUT2D eigenvalue weighted by Crippen LogP contribution is 2.34. The Morgan fingerprint density at radius 1 is 1.00 bits per heavy atom. The van der Waals surface area contributed by atoms with Crippen LogP contribution in [-0.4, -0.2) is 18.6 Å². The van der Waals surface area contributed by atoms with Crippen molar-refractivity contribution in [2.75, 3.05) is 13.7 Å². The van der Waals surface area contributed by atoms with Gasteiger partial charge < -0.3 is 19.8 Å². The summed E-state index contributed by atoms with van der Waals surface area (Å²) in [6, 6.07) is 20.0. The van der Waals surface area contributed by atoms with Crippen LogP contribution in [0.5, 0.6) is 11.5 Å². The minimum absolute atomic E-state index is 0.422. The third-order valence-electron chi connectivity index (χ3n) is 5.18. The minimum atomic E-state index is 0.422. The Bertz CT molecular complexity index is 1180. The van der Waals surface area contributed by atoms with Gasteiger partial charge in [0.15, 0.2) is 11.5 Å². The molecule has 6 heteroatoms. The Kier molecular flexibility index (Phi) is 7.17. The number of nitrogens with one attached hydrogen (secondary N) is 2. The average molecular weight is 500 g/mol. The molecule has 0 saturated carbocycles. The minimum Gasteiger partial charge on any atom is -0.493 e. The SMILES string of the molecule is COc1cc(CNCCc2c[nH]c3ccccc23)c(Br)cc1OCc1cccc(Cl)c1. The molecule has 4 rings (SSSR count). The zero-order valence-electron chi connectivity index (χ0n) is 17.3.